The standard InChI is InChI=1S/C40H36O12/c1-21(41)48-29-9-7-25-13-27(20-47-35(25)16-29)32-18-33(37(46-6)19-39(32)51-24(4)44)34-14-26-8-10-30(49-22(2)42)17-36(26)52-40(34)31-12-11-28(45-5)15-38(31)50-23(3)43/h7-12,15-19,27H,13-14,20H2,1-6H3. The van der Waals surface area contributed by atoms with Gasteiger partial charge in [0.25, 0.3) is 0 Å². The maximum Gasteiger partial charge on any atom is 0.308 e. The zero-order valence-electron chi connectivity index (χ0n) is 29.4. The normalized spacial score (nSPS) is 14.5. The summed E-state index contributed by atoms with van der Waals surface area (Å²) >= 11 is 0. The molecule has 0 aliphatic carbocycles. The van der Waals surface area contributed by atoms with Gasteiger partial charge in [-0.25, -0.2) is 0 Å². The smallest absolute Gasteiger partial charge is 0.308 e. The highest BCUT2D eigenvalue weighted by Crippen LogP contribution is 2.48. The van der Waals surface area contributed by atoms with Gasteiger partial charge in [-0.3, -0.25) is 19.2 Å². The van der Waals surface area contributed by atoms with E-state index in [-0.39, 0.29) is 18.3 Å². The summed E-state index contributed by atoms with van der Waals surface area (Å²) in [6.45, 7) is 5.49. The van der Waals surface area contributed by atoms with Gasteiger partial charge in [0.05, 0.1) is 26.4 Å². The second-order valence-electron chi connectivity index (χ2n) is 12.2. The minimum Gasteiger partial charge on any atom is -0.497 e. The minimum absolute atomic E-state index is 0.195. The van der Waals surface area contributed by atoms with Crippen LogP contribution in [0.15, 0.2) is 66.7 Å². The summed E-state index contributed by atoms with van der Waals surface area (Å²) in [5, 5.41) is 0. The van der Waals surface area contributed by atoms with E-state index in [0.29, 0.717) is 81.1 Å². The second kappa shape index (κ2) is 14.9. The quantitative estimate of drug-likeness (QED) is 0.136. The van der Waals surface area contributed by atoms with Gasteiger partial charge in [0.15, 0.2) is 0 Å². The van der Waals surface area contributed by atoms with Crippen molar-refractivity contribution in [2.24, 2.45) is 0 Å². The first-order chi connectivity index (χ1) is 24.9. The van der Waals surface area contributed by atoms with Crippen LogP contribution in [0.4, 0.5) is 0 Å². The fraction of sp³-hybridized carbons (Fsp3) is 0.250. The number of carbonyl (C=O) groups is 4. The number of hydrogen-bond acceptors (Lipinski definition) is 12. The molecule has 0 radical (unpaired) electrons. The van der Waals surface area contributed by atoms with Crippen LogP contribution in [0.1, 0.15) is 61.4 Å². The summed E-state index contributed by atoms with van der Waals surface area (Å²) in [5.74, 6) is 1.14. The molecule has 2 aliphatic heterocycles. The molecule has 0 amide bonds. The fourth-order valence-corrected chi connectivity index (χ4v) is 6.27. The monoisotopic (exact) mass is 708 g/mol. The van der Waals surface area contributed by atoms with Crippen molar-refractivity contribution in [1.82, 2.24) is 0 Å². The lowest BCUT2D eigenvalue weighted by atomic mass is 9.85. The van der Waals surface area contributed by atoms with Crippen molar-refractivity contribution >= 4 is 35.2 Å². The van der Waals surface area contributed by atoms with Crippen molar-refractivity contribution in [2.75, 3.05) is 20.8 Å². The zero-order chi connectivity index (χ0) is 37.1. The van der Waals surface area contributed by atoms with Crippen LogP contribution >= 0.6 is 0 Å². The molecule has 0 spiro atoms. The summed E-state index contributed by atoms with van der Waals surface area (Å²) in [5.41, 5.74) is 4.07. The number of allylic oxidation sites excluding steroid dienone is 1. The molecule has 0 bridgehead atoms. The lowest BCUT2D eigenvalue weighted by Crippen LogP contribution is -2.21. The molecule has 12 nitrogen and oxygen atoms in total. The van der Waals surface area contributed by atoms with Gasteiger partial charge in [-0.05, 0) is 47.9 Å². The van der Waals surface area contributed by atoms with Crippen molar-refractivity contribution in [1.29, 1.82) is 0 Å². The summed E-state index contributed by atoms with van der Waals surface area (Å²) in [6.07, 6.45) is 0.844. The van der Waals surface area contributed by atoms with E-state index in [4.69, 9.17) is 37.9 Å². The first-order valence-electron chi connectivity index (χ1n) is 16.4. The number of carbonyl (C=O) groups excluding carboxylic acids is 4. The van der Waals surface area contributed by atoms with Gasteiger partial charge in [-0.15, -0.1) is 0 Å². The lowest BCUT2D eigenvalue weighted by molar-refractivity contribution is -0.132. The summed E-state index contributed by atoms with van der Waals surface area (Å²) < 4.78 is 46.1. The van der Waals surface area contributed by atoms with Crippen LogP contribution in [-0.4, -0.2) is 44.7 Å². The van der Waals surface area contributed by atoms with Crippen LogP contribution in [0.3, 0.4) is 0 Å². The highest BCUT2D eigenvalue weighted by atomic mass is 16.6. The molecule has 0 saturated carbocycles. The zero-order valence-corrected chi connectivity index (χ0v) is 29.4. The fourth-order valence-electron chi connectivity index (χ4n) is 6.27. The summed E-state index contributed by atoms with van der Waals surface area (Å²) in [4.78, 5) is 47.9. The number of hydrogen-bond donors (Lipinski definition) is 0. The molecule has 0 saturated heterocycles. The Morgan fingerprint density at radius 2 is 1.21 bits per heavy atom. The number of ether oxygens (including phenoxy) is 8. The first kappa shape index (κ1) is 35.5. The Bertz CT molecular complexity index is 2130. The largest absolute Gasteiger partial charge is 0.497 e. The van der Waals surface area contributed by atoms with Crippen molar-refractivity contribution in [3.8, 4) is 46.0 Å². The maximum atomic E-state index is 12.4. The number of fused-ring (bicyclic) bond motifs is 2. The average molecular weight is 709 g/mol. The Balaban J connectivity index is 1.53. The van der Waals surface area contributed by atoms with Gasteiger partial charge in [-0.1, -0.05) is 12.1 Å². The molecule has 0 N–H and O–H groups in total. The highest BCUT2D eigenvalue weighted by Gasteiger charge is 2.32. The molecule has 0 fully saturated rings. The van der Waals surface area contributed by atoms with Gasteiger partial charge in [0, 0.05) is 81.0 Å². The molecule has 2 heterocycles. The predicted molar refractivity (Wildman–Crippen MR) is 187 cm³/mol. The summed E-state index contributed by atoms with van der Waals surface area (Å²) in [7, 11) is 3.02. The molecular formula is C40H36O12. The van der Waals surface area contributed by atoms with E-state index in [9.17, 15) is 19.2 Å². The van der Waals surface area contributed by atoms with Crippen molar-refractivity contribution < 1.29 is 57.1 Å². The number of rotatable bonds is 9. The predicted octanol–water partition coefficient (Wildman–Crippen LogP) is 6.63. The van der Waals surface area contributed by atoms with E-state index in [0.717, 1.165) is 11.1 Å². The number of esters is 4. The third-order valence-electron chi connectivity index (χ3n) is 8.40. The van der Waals surface area contributed by atoms with Crippen molar-refractivity contribution in [2.45, 2.75) is 46.5 Å². The van der Waals surface area contributed by atoms with E-state index in [1.165, 1.54) is 41.9 Å². The molecular weight excluding hydrogens is 672 g/mol. The molecule has 268 valence electrons. The Hall–Kier alpha value is -6.30. The van der Waals surface area contributed by atoms with E-state index < -0.39 is 23.9 Å². The molecule has 4 aromatic carbocycles. The maximum absolute atomic E-state index is 12.4. The van der Waals surface area contributed by atoms with Crippen LogP contribution in [0.2, 0.25) is 0 Å². The lowest BCUT2D eigenvalue weighted by Gasteiger charge is -2.29. The van der Waals surface area contributed by atoms with Gasteiger partial charge < -0.3 is 37.9 Å². The third kappa shape index (κ3) is 7.70. The van der Waals surface area contributed by atoms with Gasteiger partial charge in [-0.2, -0.15) is 0 Å². The molecule has 4 aromatic rings. The van der Waals surface area contributed by atoms with Crippen molar-refractivity contribution in [3.05, 3.63) is 94.5 Å². The molecule has 6 rings (SSSR count). The van der Waals surface area contributed by atoms with Gasteiger partial charge >= 0.3 is 23.9 Å². The van der Waals surface area contributed by atoms with Crippen molar-refractivity contribution in [3.63, 3.8) is 0 Å². The van der Waals surface area contributed by atoms with Gasteiger partial charge in [0.2, 0.25) is 0 Å². The molecule has 2 aliphatic rings. The van der Waals surface area contributed by atoms with E-state index in [1.807, 2.05) is 18.2 Å². The second-order valence-corrected chi connectivity index (χ2v) is 12.2. The Labute approximate surface area is 299 Å². The molecule has 12 heteroatoms. The SMILES string of the molecule is COc1ccc(C2=C(c3cc(C4COc5cc(OC(C)=O)ccc5C4)c(OC(C)=O)cc3OC)Cc3ccc(OC(C)=O)cc3O2)c(OC(C)=O)c1. The third-order valence-corrected chi connectivity index (χ3v) is 8.40. The Kier molecular flexibility index (Phi) is 10.2. The van der Waals surface area contributed by atoms with E-state index >= 15 is 0 Å². The van der Waals surface area contributed by atoms with Crippen LogP contribution in [-0.2, 0) is 32.0 Å². The summed E-state index contributed by atoms with van der Waals surface area (Å²) in [6, 6.07) is 18.9. The molecule has 1 unspecified atom stereocenters. The average Bonchev–Trinajstić information content (AvgIpc) is 3.09. The van der Waals surface area contributed by atoms with Crippen LogP contribution in [0, 0.1) is 0 Å². The molecule has 52 heavy (non-hydrogen) atoms. The minimum atomic E-state index is -0.548. The van der Waals surface area contributed by atoms with Crippen LogP contribution in [0.5, 0.6) is 46.0 Å². The number of benzene rings is 4. The Morgan fingerprint density at radius 3 is 1.85 bits per heavy atom. The Morgan fingerprint density at radius 1 is 0.596 bits per heavy atom. The van der Waals surface area contributed by atoms with Crippen LogP contribution < -0.4 is 37.9 Å². The first-order valence-corrected chi connectivity index (χ1v) is 16.4. The highest BCUT2D eigenvalue weighted by molar-refractivity contribution is 5.95. The van der Waals surface area contributed by atoms with Crippen LogP contribution in [0.25, 0.3) is 11.3 Å². The molecule has 1 atom stereocenters. The van der Waals surface area contributed by atoms with E-state index in [1.54, 1.807) is 48.5 Å². The van der Waals surface area contributed by atoms with Gasteiger partial charge in [0.1, 0.15) is 51.8 Å². The van der Waals surface area contributed by atoms with E-state index in [2.05, 4.69) is 0 Å². The topological polar surface area (TPSA) is 142 Å². The molecule has 0 aromatic heterocycles. The number of methoxy groups -OCH3 is 2.